The molecule has 0 radical (unpaired) electrons. The number of benzene rings is 1. The van der Waals surface area contributed by atoms with Crippen molar-refractivity contribution in [3.63, 3.8) is 0 Å². The van der Waals surface area contributed by atoms with E-state index in [1.165, 1.54) is 0 Å². The first-order valence-electron chi connectivity index (χ1n) is 9.69. The summed E-state index contributed by atoms with van der Waals surface area (Å²) < 4.78 is 2.01. The topological polar surface area (TPSA) is 86.8 Å². The molecule has 0 spiro atoms. The van der Waals surface area contributed by atoms with Gasteiger partial charge in [0.1, 0.15) is 11.4 Å². The number of aromatic nitrogens is 3. The van der Waals surface area contributed by atoms with Gasteiger partial charge in [0, 0.05) is 25.7 Å². The molecule has 3 N–H and O–H groups in total. The van der Waals surface area contributed by atoms with Gasteiger partial charge in [-0.05, 0) is 38.0 Å². The molecule has 1 aromatic carbocycles. The highest BCUT2D eigenvalue weighted by Crippen LogP contribution is 2.20. The SMILES string of the molecule is CCNC(=NCC(C)(O)c1ccccc1)NCCCc1nnc2ccccn12. The van der Waals surface area contributed by atoms with E-state index in [1.807, 2.05) is 66.1 Å². The van der Waals surface area contributed by atoms with Crippen LogP contribution in [-0.4, -0.2) is 45.3 Å². The van der Waals surface area contributed by atoms with E-state index >= 15 is 0 Å². The maximum Gasteiger partial charge on any atom is 0.191 e. The summed E-state index contributed by atoms with van der Waals surface area (Å²) in [5, 5.41) is 25.7. The lowest BCUT2D eigenvalue weighted by Gasteiger charge is -2.22. The van der Waals surface area contributed by atoms with Crippen LogP contribution >= 0.6 is 0 Å². The fraction of sp³-hybridized carbons (Fsp3) is 0.381. The van der Waals surface area contributed by atoms with E-state index in [4.69, 9.17) is 0 Å². The summed E-state index contributed by atoms with van der Waals surface area (Å²) in [4.78, 5) is 4.56. The Hall–Kier alpha value is -2.93. The predicted molar refractivity (Wildman–Crippen MR) is 111 cm³/mol. The summed E-state index contributed by atoms with van der Waals surface area (Å²) in [7, 11) is 0. The molecule has 148 valence electrons. The van der Waals surface area contributed by atoms with Crippen molar-refractivity contribution in [1.29, 1.82) is 0 Å². The highest BCUT2D eigenvalue weighted by atomic mass is 16.3. The van der Waals surface area contributed by atoms with E-state index in [0.29, 0.717) is 5.96 Å². The number of nitrogens with zero attached hydrogens (tertiary/aromatic N) is 4. The fourth-order valence-electron chi connectivity index (χ4n) is 2.98. The first-order chi connectivity index (χ1) is 13.6. The van der Waals surface area contributed by atoms with Gasteiger partial charge in [-0.15, -0.1) is 10.2 Å². The van der Waals surface area contributed by atoms with Crippen molar-refractivity contribution in [3.8, 4) is 0 Å². The number of aryl methyl sites for hydroxylation is 1. The number of nitrogens with one attached hydrogen (secondary N) is 2. The Kier molecular flexibility index (Phi) is 6.60. The molecule has 0 aliphatic rings. The van der Waals surface area contributed by atoms with Crippen molar-refractivity contribution < 1.29 is 5.11 Å². The largest absolute Gasteiger partial charge is 0.384 e. The van der Waals surface area contributed by atoms with Crippen LogP contribution in [0.4, 0.5) is 0 Å². The second-order valence-electron chi connectivity index (χ2n) is 6.91. The van der Waals surface area contributed by atoms with Crippen LogP contribution in [0.3, 0.4) is 0 Å². The van der Waals surface area contributed by atoms with Gasteiger partial charge in [-0.1, -0.05) is 36.4 Å². The highest BCUT2D eigenvalue weighted by molar-refractivity contribution is 5.79. The van der Waals surface area contributed by atoms with Crippen molar-refractivity contribution in [2.75, 3.05) is 19.6 Å². The molecule has 2 aromatic heterocycles. The molecule has 7 heteroatoms. The maximum atomic E-state index is 10.7. The monoisotopic (exact) mass is 380 g/mol. The number of pyridine rings is 1. The summed E-state index contributed by atoms with van der Waals surface area (Å²) >= 11 is 0. The van der Waals surface area contributed by atoms with Crippen molar-refractivity contribution in [2.45, 2.75) is 32.3 Å². The fourth-order valence-corrected chi connectivity index (χ4v) is 2.98. The van der Waals surface area contributed by atoms with Crippen LogP contribution in [0, 0.1) is 0 Å². The molecule has 0 amide bonds. The normalized spacial score (nSPS) is 14.0. The molecule has 0 saturated heterocycles. The number of hydrogen-bond acceptors (Lipinski definition) is 4. The molecular weight excluding hydrogens is 352 g/mol. The molecule has 2 heterocycles. The van der Waals surface area contributed by atoms with Crippen LogP contribution in [-0.2, 0) is 12.0 Å². The molecule has 0 saturated carbocycles. The summed E-state index contributed by atoms with van der Waals surface area (Å²) in [6.07, 6.45) is 3.70. The Bertz CT molecular complexity index is 903. The number of aliphatic hydroxyl groups is 1. The molecule has 0 bridgehead atoms. The van der Waals surface area contributed by atoms with E-state index in [1.54, 1.807) is 6.92 Å². The molecule has 3 aromatic rings. The molecule has 28 heavy (non-hydrogen) atoms. The van der Waals surface area contributed by atoms with Gasteiger partial charge in [0.2, 0.25) is 0 Å². The van der Waals surface area contributed by atoms with Gasteiger partial charge in [-0.3, -0.25) is 4.40 Å². The molecule has 7 nitrogen and oxygen atoms in total. The van der Waals surface area contributed by atoms with Crippen LogP contribution in [0.2, 0.25) is 0 Å². The van der Waals surface area contributed by atoms with E-state index < -0.39 is 5.60 Å². The second-order valence-corrected chi connectivity index (χ2v) is 6.91. The van der Waals surface area contributed by atoms with Gasteiger partial charge < -0.3 is 15.7 Å². The standard InChI is InChI=1S/C21H28N6O/c1-3-22-20(24-16-21(2,28)17-10-5-4-6-11-17)23-14-9-13-19-26-25-18-12-7-8-15-27(18)19/h4-8,10-12,15,28H,3,9,13-14,16H2,1-2H3,(H2,22,23,24). The quantitative estimate of drug-likeness (QED) is 0.317. The minimum atomic E-state index is -1.01. The van der Waals surface area contributed by atoms with Gasteiger partial charge in [0.25, 0.3) is 0 Å². The minimum Gasteiger partial charge on any atom is -0.384 e. The first-order valence-corrected chi connectivity index (χ1v) is 9.69. The number of guanidine groups is 1. The molecule has 1 atom stereocenters. The zero-order valence-corrected chi connectivity index (χ0v) is 16.5. The van der Waals surface area contributed by atoms with Crippen molar-refractivity contribution in [3.05, 3.63) is 66.1 Å². The number of fused-ring (bicyclic) bond motifs is 1. The van der Waals surface area contributed by atoms with Crippen molar-refractivity contribution in [2.24, 2.45) is 4.99 Å². The Balaban J connectivity index is 1.53. The summed E-state index contributed by atoms with van der Waals surface area (Å²) in [6, 6.07) is 15.5. The smallest absolute Gasteiger partial charge is 0.191 e. The van der Waals surface area contributed by atoms with Crippen LogP contribution in [0.15, 0.2) is 59.7 Å². The van der Waals surface area contributed by atoms with Crippen molar-refractivity contribution >= 4 is 11.6 Å². The summed E-state index contributed by atoms with van der Waals surface area (Å²) in [5.74, 6) is 1.65. The van der Waals surface area contributed by atoms with Gasteiger partial charge in [-0.2, -0.15) is 0 Å². The lowest BCUT2D eigenvalue weighted by molar-refractivity contribution is 0.0672. The third kappa shape index (κ3) is 5.07. The Labute approximate surface area is 165 Å². The molecule has 3 rings (SSSR count). The molecule has 0 aliphatic carbocycles. The third-order valence-corrected chi connectivity index (χ3v) is 4.54. The Morgan fingerprint density at radius 3 is 2.68 bits per heavy atom. The molecule has 0 aliphatic heterocycles. The van der Waals surface area contributed by atoms with Crippen LogP contribution in [0.5, 0.6) is 0 Å². The van der Waals surface area contributed by atoms with E-state index in [9.17, 15) is 5.11 Å². The van der Waals surface area contributed by atoms with Gasteiger partial charge in [-0.25, -0.2) is 4.99 Å². The zero-order valence-electron chi connectivity index (χ0n) is 16.5. The van der Waals surface area contributed by atoms with Gasteiger partial charge >= 0.3 is 0 Å². The third-order valence-electron chi connectivity index (χ3n) is 4.54. The van der Waals surface area contributed by atoms with Crippen LogP contribution in [0.25, 0.3) is 5.65 Å². The van der Waals surface area contributed by atoms with Crippen LogP contribution < -0.4 is 10.6 Å². The molecule has 1 unspecified atom stereocenters. The average molecular weight is 380 g/mol. The number of aliphatic imine (C=N–C) groups is 1. The Morgan fingerprint density at radius 2 is 1.89 bits per heavy atom. The van der Waals surface area contributed by atoms with E-state index in [2.05, 4.69) is 25.8 Å². The van der Waals surface area contributed by atoms with Gasteiger partial charge in [0.05, 0.1) is 6.54 Å². The van der Waals surface area contributed by atoms with Gasteiger partial charge in [0.15, 0.2) is 11.6 Å². The highest BCUT2D eigenvalue weighted by Gasteiger charge is 2.22. The average Bonchev–Trinajstić information content (AvgIpc) is 3.13. The lowest BCUT2D eigenvalue weighted by Crippen LogP contribution is -2.39. The molecular formula is C21H28N6O. The predicted octanol–water partition coefficient (Wildman–Crippen LogP) is 2.12. The van der Waals surface area contributed by atoms with E-state index in [-0.39, 0.29) is 6.54 Å². The maximum absolute atomic E-state index is 10.7. The lowest BCUT2D eigenvalue weighted by atomic mass is 9.96. The van der Waals surface area contributed by atoms with Crippen molar-refractivity contribution in [1.82, 2.24) is 25.2 Å². The van der Waals surface area contributed by atoms with Crippen LogP contribution in [0.1, 0.15) is 31.7 Å². The summed E-state index contributed by atoms with van der Waals surface area (Å²) in [5.41, 5.74) is 0.709. The Morgan fingerprint density at radius 1 is 1.11 bits per heavy atom. The number of hydrogen-bond donors (Lipinski definition) is 3. The summed E-state index contributed by atoms with van der Waals surface area (Å²) in [6.45, 7) is 5.59. The number of rotatable bonds is 8. The minimum absolute atomic E-state index is 0.279. The first kappa shape index (κ1) is 19.8. The molecule has 0 fully saturated rings. The zero-order chi connectivity index (χ0) is 19.8. The van der Waals surface area contributed by atoms with E-state index in [0.717, 1.165) is 43.0 Å². The second kappa shape index (κ2) is 9.32.